The van der Waals surface area contributed by atoms with Crippen molar-refractivity contribution in [3.8, 4) is 0 Å². The van der Waals surface area contributed by atoms with Gasteiger partial charge in [-0.2, -0.15) is 0 Å². The molecular weight excluding hydrogens is 200 g/mol. The van der Waals surface area contributed by atoms with Crippen LogP contribution >= 0.6 is 0 Å². The van der Waals surface area contributed by atoms with E-state index >= 15 is 0 Å². The highest BCUT2D eigenvalue weighted by Crippen LogP contribution is 2.23. The van der Waals surface area contributed by atoms with Gasteiger partial charge in [0.1, 0.15) is 0 Å². The number of ether oxygens (including phenoxy) is 1. The van der Waals surface area contributed by atoms with Crippen LogP contribution in [0.2, 0.25) is 0 Å². The van der Waals surface area contributed by atoms with E-state index in [2.05, 4.69) is 24.9 Å². The summed E-state index contributed by atoms with van der Waals surface area (Å²) in [7, 11) is 0. The monoisotopic (exact) mass is 220 g/mol. The van der Waals surface area contributed by atoms with Gasteiger partial charge in [-0.3, -0.25) is 4.98 Å². The molecule has 0 aliphatic carbocycles. The molecule has 3 nitrogen and oxygen atoms in total. The fourth-order valence-electron chi connectivity index (χ4n) is 2.34. The Morgan fingerprint density at radius 1 is 1.62 bits per heavy atom. The molecule has 1 aromatic heterocycles. The van der Waals surface area contributed by atoms with Crippen LogP contribution in [0, 0.1) is 12.8 Å². The van der Waals surface area contributed by atoms with Gasteiger partial charge in [0.25, 0.3) is 0 Å². The fourth-order valence-corrected chi connectivity index (χ4v) is 2.34. The van der Waals surface area contributed by atoms with Crippen LogP contribution in [0.15, 0.2) is 18.3 Å². The van der Waals surface area contributed by atoms with Crippen molar-refractivity contribution in [1.29, 1.82) is 0 Å². The Hall–Kier alpha value is -0.930. The number of pyridine rings is 1. The lowest BCUT2D eigenvalue weighted by atomic mass is 9.94. The number of nitrogens with zero attached hydrogens (tertiary/aromatic N) is 1. The molecule has 1 aliphatic heterocycles. The van der Waals surface area contributed by atoms with Crippen molar-refractivity contribution in [3.05, 3.63) is 29.6 Å². The van der Waals surface area contributed by atoms with Gasteiger partial charge in [0.15, 0.2) is 0 Å². The lowest BCUT2D eigenvalue weighted by Crippen LogP contribution is -2.39. The normalized spacial score (nSPS) is 26.9. The third kappa shape index (κ3) is 2.42. The van der Waals surface area contributed by atoms with Crippen LogP contribution in [0.5, 0.6) is 0 Å². The maximum absolute atomic E-state index is 6.21. The van der Waals surface area contributed by atoms with Crippen LogP contribution in [0.1, 0.15) is 24.6 Å². The van der Waals surface area contributed by atoms with Crippen molar-refractivity contribution in [2.24, 2.45) is 11.7 Å². The third-order valence-corrected chi connectivity index (χ3v) is 3.41. The highest BCUT2D eigenvalue weighted by molar-refractivity contribution is 5.18. The van der Waals surface area contributed by atoms with Crippen molar-refractivity contribution in [2.75, 3.05) is 6.61 Å². The second-order valence-electron chi connectivity index (χ2n) is 4.74. The number of nitrogens with two attached hydrogens (primary N) is 1. The van der Waals surface area contributed by atoms with Crippen LogP contribution in [-0.2, 0) is 11.2 Å². The standard InChI is InChI=1S/C13H20N2O/c1-9-4-3-6-15-12(9)8-11(14)13-10(2)5-7-16-13/h3-4,6,10-11,13H,5,7-8,14H2,1-2H3. The minimum Gasteiger partial charge on any atom is -0.376 e. The van der Waals surface area contributed by atoms with Crippen LogP contribution in [0.4, 0.5) is 0 Å². The van der Waals surface area contributed by atoms with Gasteiger partial charge in [-0.25, -0.2) is 0 Å². The van der Waals surface area contributed by atoms with Crippen LogP contribution in [0.3, 0.4) is 0 Å². The highest BCUT2D eigenvalue weighted by atomic mass is 16.5. The molecule has 88 valence electrons. The quantitative estimate of drug-likeness (QED) is 0.843. The number of rotatable bonds is 3. The van der Waals surface area contributed by atoms with Crippen LogP contribution < -0.4 is 5.73 Å². The molecule has 3 heteroatoms. The van der Waals surface area contributed by atoms with E-state index in [0.29, 0.717) is 5.92 Å². The molecule has 3 atom stereocenters. The van der Waals surface area contributed by atoms with E-state index in [9.17, 15) is 0 Å². The smallest absolute Gasteiger partial charge is 0.0756 e. The van der Waals surface area contributed by atoms with Crippen molar-refractivity contribution in [3.63, 3.8) is 0 Å². The Labute approximate surface area is 97.0 Å². The average Bonchev–Trinajstić information content (AvgIpc) is 2.68. The van der Waals surface area contributed by atoms with E-state index in [1.165, 1.54) is 5.56 Å². The summed E-state index contributed by atoms with van der Waals surface area (Å²) in [4.78, 5) is 4.38. The molecule has 0 aromatic carbocycles. The predicted octanol–water partition coefficient (Wildman–Crippen LogP) is 1.68. The summed E-state index contributed by atoms with van der Waals surface area (Å²) >= 11 is 0. The molecule has 3 unspecified atom stereocenters. The Balaban J connectivity index is 2.02. The van der Waals surface area contributed by atoms with Gasteiger partial charge in [-0.05, 0) is 30.9 Å². The summed E-state index contributed by atoms with van der Waals surface area (Å²) in [5, 5.41) is 0. The highest BCUT2D eigenvalue weighted by Gasteiger charge is 2.30. The Morgan fingerprint density at radius 3 is 3.06 bits per heavy atom. The molecular formula is C13H20N2O. The predicted molar refractivity (Wildman–Crippen MR) is 64.2 cm³/mol. The first-order chi connectivity index (χ1) is 7.68. The largest absolute Gasteiger partial charge is 0.376 e. The number of aryl methyl sites for hydroxylation is 1. The molecule has 0 spiro atoms. The van der Waals surface area contributed by atoms with Crippen molar-refractivity contribution < 1.29 is 4.74 Å². The minimum atomic E-state index is 0.0612. The van der Waals surface area contributed by atoms with Crippen LogP contribution in [-0.4, -0.2) is 23.7 Å². The van der Waals surface area contributed by atoms with Gasteiger partial charge in [0, 0.05) is 31.0 Å². The molecule has 1 aliphatic rings. The molecule has 16 heavy (non-hydrogen) atoms. The first kappa shape index (κ1) is 11.6. The number of hydrogen-bond donors (Lipinski definition) is 1. The van der Waals surface area contributed by atoms with E-state index in [4.69, 9.17) is 10.5 Å². The minimum absolute atomic E-state index is 0.0612. The SMILES string of the molecule is Cc1cccnc1CC(N)C1OCCC1C. The summed E-state index contributed by atoms with van der Waals surface area (Å²) < 4.78 is 5.69. The number of aromatic nitrogens is 1. The molecule has 1 aromatic rings. The first-order valence-corrected chi connectivity index (χ1v) is 5.96. The third-order valence-electron chi connectivity index (χ3n) is 3.41. The lowest BCUT2D eigenvalue weighted by molar-refractivity contribution is 0.0723. The zero-order chi connectivity index (χ0) is 11.5. The van der Waals surface area contributed by atoms with Gasteiger partial charge in [0.2, 0.25) is 0 Å². The van der Waals surface area contributed by atoms with Gasteiger partial charge in [-0.1, -0.05) is 13.0 Å². The van der Waals surface area contributed by atoms with Gasteiger partial charge in [0.05, 0.1) is 6.10 Å². The molecule has 0 radical (unpaired) electrons. The summed E-state index contributed by atoms with van der Waals surface area (Å²) in [6, 6.07) is 4.10. The average molecular weight is 220 g/mol. The molecule has 1 saturated heterocycles. The fraction of sp³-hybridized carbons (Fsp3) is 0.615. The zero-order valence-corrected chi connectivity index (χ0v) is 10.0. The maximum atomic E-state index is 6.21. The summed E-state index contributed by atoms with van der Waals surface area (Å²) in [5.74, 6) is 0.569. The van der Waals surface area contributed by atoms with Gasteiger partial charge in [-0.15, -0.1) is 0 Å². The zero-order valence-electron chi connectivity index (χ0n) is 10.0. The molecule has 0 bridgehead atoms. The summed E-state index contributed by atoms with van der Waals surface area (Å²) in [6.07, 6.45) is 3.95. The van der Waals surface area contributed by atoms with Gasteiger partial charge < -0.3 is 10.5 Å². The first-order valence-electron chi connectivity index (χ1n) is 5.96. The summed E-state index contributed by atoms with van der Waals surface area (Å²) in [5.41, 5.74) is 8.51. The molecule has 1 fully saturated rings. The lowest BCUT2D eigenvalue weighted by Gasteiger charge is -2.22. The van der Waals surface area contributed by atoms with Crippen molar-refractivity contribution >= 4 is 0 Å². The topological polar surface area (TPSA) is 48.1 Å². The molecule has 2 rings (SSSR count). The van der Waals surface area contributed by atoms with Crippen molar-refractivity contribution in [1.82, 2.24) is 4.98 Å². The Kier molecular flexibility index (Phi) is 3.56. The second kappa shape index (κ2) is 4.93. The molecule has 0 amide bonds. The molecule has 2 heterocycles. The second-order valence-corrected chi connectivity index (χ2v) is 4.74. The van der Waals surface area contributed by atoms with Crippen LogP contribution in [0.25, 0.3) is 0 Å². The Morgan fingerprint density at radius 2 is 2.44 bits per heavy atom. The van der Waals surface area contributed by atoms with E-state index in [-0.39, 0.29) is 12.1 Å². The van der Waals surface area contributed by atoms with E-state index in [1.807, 2.05) is 12.3 Å². The maximum Gasteiger partial charge on any atom is 0.0756 e. The van der Waals surface area contributed by atoms with Gasteiger partial charge >= 0.3 is 0 Å². The van der Waals surface area contributed by atoms with E-state index < -0.39 is 0 Å². The Bertz CT molecular complexity index is 354. The van der Waals surface area contributed by atoms with E-state index in [1.54, 1.807) is 0 Å². The molecule has 2 N–H and O–H groups in total. The number of hydrogen-bond acceptors (Lipinski definition) is 3. The van der Waals surface area contributed by atoms with Crippen molar-refractivity contribution in [2.45, 2.75) is 38.8 Å². The molecule has 0 saturated carbocycles. The van der Waals surface area contributed by atoms with E-state index in [0.717, 1.165) is 25.1 Å². The summed E-state index contributed by atoms with van der Waals surface area (Å²) in [6.45, 7) is 5.14.